The highest BCUT2D eigenvalue weighted by molar-refractivity contribution is 5.95. The van der Waals surface area contributed by atoms with Gasteiger partial charge >= 0.3 is 0 Å². The number of nitrogens with one attached hydrogen (secondary N) is 1. The lowest BCUT2D eigenvalue weighted by Gasteiger charge is -2.10. The van der Waals surface area contributed by atoms with Gasteiger partial charge in [-0.3, -0.25) is 9.59 Å². The van der Waals surface area contributed by atoms with E-state index in [9.17, 15) is 9.59 Å². The van der Waals surface area contributed by atoms with Crippen LogP contribution in [-0.2, 0) is 4.79 Å². The largest absolute Gasteiger partial charge is 0.483 e. The lowest BCUT2D eigenvalue weighted by molar-refractivity contribution is -0.118. The number of para-hydroxylation sites is 1. The zero-order chi connectivity index (χ0) is 22.5. The normalized spacial score (nSPS) is 10.5. The highest BCUT2D eigenvalue weighted by Crippen LogP contribution is 2.30. The molecule has 4 rings (SSSR count). The van der Waals surface area contributed by atoms with Gasteiger partial charge in [-0.05, 0) is 43.3 Å². The molecule has 0 saturated carbocycles. The molecule has 0 radical (unpaired) electrons. The number of ether oxygens (including phenoxy) is 1. The Morgan fingerprint density at radius 2 is 1.72 bits per heavy atom. The predicted octanol–water partition coefficient (Wildman–Crippen LogP) is 3.83. The summed E-state index contributed by atoms with van der Waals surface area (Å²) in [5.74, 6) is 0.295. The zero-order valence-corrected chi connectivity index (χ0v) is 17.2. The van der Waals surface area contributed by atoms with E-state index >= 15 is 0 Å². The minimum atomic E-state index is -0.533. The van der Waals surface area contributed by atoms with Crippen LogP contribution in [0.3, 0.4) is 0 Å². The molecule has 160 valence electrons. The molecule has 2 amide bonds. The molecular weight excluding hydrogens is 408 g/mol. The van der Waals surface area contributed by atoms with Crippen molar-refractivity contribution in [2.24, 2.45) is 5.73 Å². The second-order valence-corrected chi connectivity index (χ2v) is 7.06. The Hall–Kier alpha value is -4.46. The number of primary amides is 1. The first-order chi connectivity index (χ1) is 15.5. The molecule has 8 nitrogen and oxygen atoms in total. The number of carbonyl (C=O) groups excluding carboxylic acids is 2. The van der Waals surface area contributed by atoms with Gasteiger partial charge < -0.3 is 20.3 Å². The minimum Gasteiger partial charge on any atom is -0.483 e. The fourth-order valence-electron chi connectivity index (χ4n) is 2.98. The summed E-state index contributed by atoms with van der Waals surface area (Å²) in [6.07, 6.45) is 0. The fraction of sp³-hybridized carbons (Fsp3) is 0.0833. The first-order valence-electron chi connectivity index (χ1n) is 9.82. The molecule has 3 N–H and O–H groups in total. The first kappa shape index (κ1) is 20.8. The summed E-state index contributed by atoms with van der Waals surface area (Å²) in [6, 6.07) is 21.2. The monoisotopic (exact) mass is 428 g/mol. The van der Waals surface area contributed by atoms with Gasteiger partial charge in [-0.1, -0.05) is 47.1 Å². The van der Waals surface area contributed by atoms with Crippen molar-refractivity contribution < 1.29 is 18.8 Å². The summed E-state index contributed by atoms with van der Waals surface area (Å²) in [7, 11) is 0. The zero-order valence-electron chi connectivity index (χ0n) is 17.2. The van der Waals surface area contributed by atoms with Crippen LogP contribution in [0, 0.1) is 6.92 Å². The summed E-state index contributed by atoms with van der Waals surface area (Å²) in [5.41, 5.74) is 8.66. The Kier molecular flexibility index (Phi) is 5.94. The molecule has 0 saturated heterocycles. The van der Waals surface area contributed by atoms with Crippen LogP contribution in [0.15, 0.2) is 77.3 Å². The van der Waals surface area contributed by atoms with Crippen LogP contribution < -0.4 is 15.8 Å². The van der Waals surface area contributed by atoms with Gasteiger partial charge in [0.2, 0.25) is 11.7 Å². The van der Waals surface area contributed by atoms with E-state index in [-0.39, 0.29) is 12.5 Å². The van der Waals surface area contributed by atoms with E-state index < -0.39 is 5.91 Å². The smallest absolute Gasteiger partial charge is 0.262 e. The van der Waals surface area contributed by atoms with Crippen molar-refractivity contribution in [3.63, 3.8) is 0 Å². The molecule has 1 aromatic heterocycles. The number of aromatic nitrogens is 2. The topological polar surface area (TPSA) is 120 Å². The molecule has 8 heteroatoms. The highest BCUT2D eigenvalue weighted by Gasteiger charge is 2.16. The molecule has 0 bridgehead atoms. The van der Waals surface area contributed by atoms with E-state index in [4.69, 9.17) is 15.0 Å². The van der Waals surface area contributed by atoms with Gasteiger partial charge in [0.1, 0.15) is 5.75 Å². The minimum absolute atomic E-state index is 0.229. The maximum absolute atomic E-state index is 12.3. The van der Waals surface area contributed by atoms with Crippen LogP contribution in [-0.4, -0.2) is 28.6 Å². The lowest BCUT2D eigenvalue weighted by Crippen LogP contribution is -2.20. The number of nitrogens with zero attached hydrogens (tertiary/aromatic N) is 2. The van der Waals surface area contributed by atoms with E-state index in [0.717, 1.165) is 11.1 Å². The summed E-state index contributed by atoms with van der Waals surface area (Å²) >= 11 is 0. The van der Waals surface area contributed by atoms with E-state index in [2.05, 4.69) is 15.5 Å². The molecule has 1 heterocycles. The van der Waals surface area contributed by atoms with Crippen LogP contribution in [0.5, 0.6) is 5.75 Å². The summed E-state index contributed by atoms with van der Waals surface area (Å²) < 4.78 is 11.1. The third-order valence-corrected chi connectivity index (χ3v) is 4.67. The van der Waals surface area contributed by atoms with E-state index in [0.29, 0.717) is 34.3 Å². The standard InChI is InChI=1S/C24H20N4O4/c1-15-6-8-17(9-7-15)23-27-24(32-28-23)19-4-2-3-5-20(19)31-14-21(29)26-18-12-10-16(11-13-18)22(25)30/h2-13H,14H2,1H3,(H2,25,30)(H,26,29). The predicted molar refractivity (Wildman–Crippen MR) is 119 cm³/mol. The number of hydrogen-bond donors (Lipinski definition) is 2. The molecule has 0 atom stereocenters. The number of hydrogen-bond acceptors (Lipinski definition) is 6. The Morgan fingerprint density at radius 3 is 2.44 bits per heavy atom. The van der Waals surface area contributed by atoms with E-state index in [1.807, 2.05) is 37.3 Å². The van der Waals surface area contributed by atoms with Gasteiger partial charge in [0.05, 0.1) is 5.56 Å². The molecule has 0 unspecified atom stereocenters. The van der Waals surface area contributed by atoms with Crippen LogP contribution in [0.4, 0.5) is 5.69 Å². The van der Waals surface area contributed by atoms with Crippen LogP contribution in [0.1, 0.15) is 15.9 Å². The average Bonchev–Trinajstić information content (AvgIpc) is 3.29. The molecule has 0 aliphatic heterocycles. The van der Waals surface area contributed by atoms with Crippen molar-refractivity contribution >= 4 is 17.5 Å². The van der Waals surface area contributed by atoms with Gasteiger partial charge in [0.25, 0.3) is 11.8 Å². The summed E-state index contributed by atoms with van der Waals surface area (Å²) in [6.45, 7) is 1.78. The number of aryl methyl sites for hydroxylation is 1. The van der Waals surface area contributed by atoms with Crippen molar-refractivity contribution in [1.82, 2.24) is 10.1 Å². The summed E-state index contributed by atoms with van der Waals surface area (Å²) in [4.78, 5) is 27.9. The number of nitrogens with two attached hydrogens (primary N) is 1. The molecule has 4 aromatic rings. The quantitative estimate of drug-likeness (QED) is 0.462. The second-order valence-electron chi connectivity index (χ2n) is 7.06. The molecular formula is C24H20N4O4. The fourth-order valence-corrected chi connectivity index (χ4v) is 2.98. The molecule has 3 aromatic carbocycles. The van der Waals surface area contributed by atoms with Crippen LogP contribution >= 0.6 is 0 Å². The molecule has 0 aliphatic carbocycles. The van der Waals surface area contributed by atoms with Crippen molar-refractivity contribution in [3.05, 3.63) is 83.9 Å². The third kappa shape index (κ3) is 4.81. The van der Waals surface area contributed by atoms with Gasteiger partial charge in [-0.2, -0.15) is 4.98 Å². The Bertz CT molecular complexity index is 1250. The average molecular weight is 428 g/mol. The maximum Gasteiger partial charge on any atom is 0.262 e. The van der Waals surface area contributed by atoms with Crippen molar-refractivity contribution in [1.29, 1.82) is 0 Å². The summed E-state index contributed by atoms with van der Waals surface area (Å²) in [5, 5.41) is 6.75. The second kappa shape index (κ2) is 9.13. The van der Waals surface area contributed by atoms with E-state index in [1.54, 1.807) is 30.3 Å². The van der Waals surface area contributed by atoms with Crippen LogP contribution in [0.2, 0.25) is 0 Å². The Balaban J connectivity index is 1.44. The van der Waals surface area contributed by atoms with Gasteiger partial charge in [0, 0.05) is 16.8 Å². The molecule has 32 heavy (non-hydrogen) atoms. The molecule has 0 spiro atoms. The SMILES string of the molecule is Cc1ccc(-c2noc(-c3ccccc3OCC(=O)Nc3ccc(C(N)=O)cc3)n2)cc1. The van der Waals surface area contributed by atoms with Crippen molar-refractivity contribution in [2.75, 3.05) is 11.9 Å². The van der Waals surface area contributed by atoms with Gasteiger partial charge in [-0.25, -0.2) is 0 Å². The maximum atomic E-state index is 12.3. The van der Waals surface area contributed by atoms with Crippen molar-refractivity contribution in [3.8, 4) is 28.6 Å². The number of benzene rings is 3. The van der Waals surface area contributed by atoms with Gasteiger partial charge in [-0.15, -0.1) is 0 Å². The number of rotatable bonds is 7. The lowest BCUT2D eigenvalue weighted by atomic mass is 10.1. The number of carbonyl (C=O) groups is 2. The Labute approximate surface area is 184 Å². The molecule has 0 aliphatic rings. The van der Waals surface area contributed by atoms with E-state index in [1.165, 1.54) is 12.1 Å². The Morgan fingerprint density at radius 1 is 1.00 bits per heavy atom. The number of amides is 2. The van der Waals surface area contributed by atoms with Crippen molar-refractivity contribution in [2.45, 2.75) is 6.92 Å². The molecule has 0 fully saturated rings. The van der Waals surface area contributed by atoms with Crippen LogP contribution in [0.25, 0.3) is 22.8 Å². The first-order valence-corrected chi connectivity index (χ1v) is 9.82. The third-order valence-electron chi connectivity index (χ3n) is 4.67. The van der Waals surface area contributed by atoms with Gasteiger partial charge in [0.15, 0.2) is 6.61 Å². The highest BCUT2D eigenvalue weighted by atomic mass is 16.5. The number of anilines is 1.